The van der Waals surface area contributed by atoms with E-state index in [1.165, 1.54) is 18.2 Å². The van der Waals surface area contributed by atoms with Crippen LogP contribution in [0.1, 0.15) is 38.2 Å². The third-order valence-electron chi connectivity index (χ3n) is 2.60. The molecule has 0 spiro atoms. The van der Waals surface area contributed by atoms with E-state index in [1.54, 1.807) is 6.07 Å². The smallest absolute Gasteiger partial charge is 0.154 e. The normalized spacial score (nSPS) is 12.2. The van der Waals surface area contributed by atoms with E-state index in [1.807, 2.05) is 19.9 Å². The highest BCUT2D eigenvalue weighted by Crippen LogP contribution is 2.20. The molecule has 2 nitrogen and oxygen atoms in total. The first kappa shape index (κ1) is 13.4. The van der Waals surface area contributed by atoms with E-state index in [0.29, 0.717) is 17.9 Å². The third-order valence-corrected chi connectivity index (χ3v) is 2.60. The summed E-state index contributed by atoms with van der Waals surface area (Å²) in [6.45, 7) is 4.05. The standard InChI is InChI=1S/C14H16FNO/c1-10(2)6-7-14(17)13(9-16)11-4-3-5-12(15)8-11/h3-5,8,10,13H,6-7H2,1-2H3. The summed E-state index contributed by atoms with van der Waals surface area (Å²) < 4.78 is 13.0. The Morgan fingerprint density at radius 2 is 2.18 bits per heavy atom. The van der Waals surface area contributed by atoms with Crippen LogP contribution in [0.2, 0.25) is 0 Å². The molecule has 0 saturated heterocycles. The Balaban J connectivity index is 2.79. The molecule has 90 valence electrons. The maximum atomic E-state index is 13.0. The van der Waals surface area contributed by atoms with Gasteiger partial charge in [0.2, 0.25) is 0 Å². The van der Waals surface area contributed by atoms with Crippen molar-refractivity contribution in [3.63, 3.8) is 0 Å². The van der Waals surface area contributed by atoms with Crippen molar-refractivity contribution < 1.29 is 9.18 Å². The summed E-state index contributed by atoms with van der Waals surface area (Å²) in [6, 6.07) is 7.64. The third kappa shape index (κ3) is 3.99. The van der Waals surface area contributed by atoms with Crippen molar-refractivity contribution in [2.75, 3.05) is 0 Å². The van der Waals surface area contributed by atoms with Crippen LogP contribution in [0.3, 0.4) is 0 Å². The van der Waals surface area contributed by atoms with Crippen molar-refractivity contribution in [1.29, 1.82) is 5.26 Å². The SMILES string of the molecule is CC(C)CCC(=O)C(C#N)c1cccc(F)c1. The van der Waals surface area contributed by atoms with E-state index >= 15 is 0 Å². The highest BCUT2D eigenvalue weighted by molar-refractivity contribution is 5.88. The van der Waals surface area contributed by atoms with Gasteiger partial charge in [-0.3, -0.25) is 4.79 Å². The van der Waals surface area contributed by atoms with Gasteiger partial charge in [0.15, 0.2) is 5.78 Å². The average Bonchev–Trinajstić information content (AvgIpc) is 2.27. The molecule has 1 aromatic carbocycles. The topological polar surface area (TPSA) is 40.9 Å². The molecule has 0 saturated carbocycles. The van der Waals surface area contributed by atoms with E-state index in [2.05, 4.69) is 0 Å². The molecule has 0 amide bonds. The predicted octanol–water partition coefficient (Wildman–Crippen LogP) is 3.44. The lowest BCUT2D eigenvalue weighted by Gasteiger charge is -2.09. The summed E-state index contributed by atoms with van der Waals surface area (Å²) in [6.07, 6.45) is 1.12. The van der Waals surface area contributed by atoms with Crippen LogP contribution in [0.5, 0.6) is 0 Å². The van der Waals surface area contributed by atoms with Crippen molar-refractivity contribution in [2.45, 2.75) is 32.6 Å². The molecule has 0 bridgehead atoms. The van der Waals surface area contributed by atoms with Gasteiger partial charge in [-0.25, -0.2) is 4.39 Å². The zero-order valence-corrected chi connectivity index (χ0v) is 10.1. The molecule has 1 rings (SSSR count). The number of hydrogen-bond acceptors (Lipinski definition) is 2. The van der Waals surface area contributed by atoms with Crippen molar-refractivity contribution in [3.8, 4) is 6.07 Å². The van der Waals surface area contributed by atoms with Crippen LogP contribution in [-0.4, -0.2) is 5.78 Å². The summed E-state index contributed by atoms with van der Waals surface area (Å²) >= 11 is 0. The Morgan fingerprint density at radius 1 is 1.47 bits per heavy atom. The predicted molar refractivity (Wildman–Crippen MR) is 63.8 cm³/mol. The number of hydrogen-bond donors (Lipinski definition) is 0. The molecule has 0 fully saturated rings. The fourth-order valence-corrected chi connectivity index (χ4v) is 1.59. The number of carbonyl (C=O) groups excluding carboxylic acids is 1. The fraction of sp³-hybridized carbons (Fsp3) is 0.429. The van der Waals surface area contributed by atoms with Crippen LogP contribution in [0, 0.1) is 23.1 Å². The average molecular weight is 233 g/mol. The van der Waals surface area contributed by atoms with Crippen LogP contribution >= 0.6 is 0 Å². The molecule has 0 aliphatic carbocycles. The zero-order chi connectivity index (χ0) is 12.8. The Kier molecular flexibility index (Phi) is 4.84. The summed E-state index contributed by atoms with van der Waals surface area (Å²) in [4.78, 5) is 11.8. The number of nitrogens with zero attached hydrogens (tertiary/aromatic N) is 1. The largest absolute Gasteiger partial charge is 0.298 e. The molecule has 0 heterocycles. The maximum Gasteiger partial charge on any atom is 0.154 e. The maximum absolute atomic E-state index is 13.0. The number of carbonyl (C=O) groups is 1. The fourth-order valence-electron chi connectivity index (χ4n) is 1.59. The quantitative estimate of drug-likeness (QED) is 0.781. The number of ketones is 1. The van der Waals surface area contributed by atoms with E-state index in [-0.39, 0.29) is 5.78 Å². The molecule has 1 aromatic rings. The Morgan fingerprint density at radius 3 is 2.71 bits per heavy atom. The molecule has 1 atom stereocenters. The second-order valence-electron chi connectivity index (χ2n) is 4.52. The lowest BCUT2D eigenvalue weighted by molar-refractivity contribution is -0.119. The van der Waals surface area contributed by atoms with E-state index in [9.17, 15) is 9.18 Å². The van der Waals surface area contributed by atoms with Crippen LogP contribution in [-0.2, 0) is 4.79 Å². The number of Topliss-reactive ketones (excluding diaryl/α,β-unsaturated/α-hetero) is 1. The van der Waals surface area contributed by atoms with Crippen molar-refractivity contribution >= 4 is 5.78 Å². The zero-order valence-electron chi connectivity index (χ0n) is 10.1. The number of halogens is 1. The molecule has 0 aliphatic heterocycles. The van der Waals surface area contributed by atoms with Crippen LogP contribution in [0.15, 0.2) is 24.3 Å². The summed E-state index contributed by atoms with van der Waals surface area (Å²) in [5.41, 5.74) is 0.446. The molecule has 0 N–H and O–H groups in total. The van der Waals surface area contributed by atoms with Crippen molar-refractivity contribution in [2.24, 2.45) is 5.92 Å². The van der Waals surface area contributed by atoms with Gasteiger partial charge in [0.05, 0.1) is 6.07 Å². The molecule has 1 unspecified atom stereocenters. The number of benzene rings is 1. The summed E-state index contributed by atoms with van der Waals surface area (Å²) in [5.74, 6) is -0.971. The number of rotatable bonds is 5. The molecule has 3 heteroatoms. The minimum absolute atomic E-state index is 0.133. The van der Waals surface area contributed by atoms with Gasteiger partial charge < -0.3 is 0 Å². The lowest BCUT2D eigenvalue weighted by atomic mass is 9.92. The first-order valence-electron chi connectivity index (χ1n) is 5.72. The van der Waals surface area contributed by atoms with Crippen molar-refractivity contribution in [1.82, 2.24) is 0 Å². The Labute approximate surface area is 101 Å². The van der Waals surface area contributed by atoms with Gasteiger partial charge in [0, 0.05) is 6.42 Å². The van der Waals surface area contributed by atoms with E-state index in [4.69, 9.17) is 5.26 Å². The molecule has 0 radical (unpaired) electrons. The van der Waals surface area contributed by atoms with Gasteiger partial charge in [-0.05, 0) is 30.0 Å². The van der Waals surface area contributed by atoms with E-state index in [0.717, 1.165) is 6.42 Å². The van der Waals surface area contributed by atoms with Crippen LogP contribution in [0.25, 0.3) is 0 Å². The lowest BCUT2D eigenvalue weighted by Crippen LogP contribution is -2.11. The van der Waals surface area contributed by atoms with E-state index < -0.39 is 11.7 Å². The highest BCUT2D eigenvalue weighted by Gasteiger charge is 2.20. The molecule has 17 heavy (non-hydrogen) atoms. The monoisotopic (exact) mass is 233 g/mol. The first-order chi connectivity index (χ1) is 8.04. The minimum Gasteiger partial charge on any atom is -0.298 e. The minimum atomic E-state index is -0.843. The highest BCUT2D eigenvalue weighted by atomic mass is 19.1. The molecule has 0 aromatic heterocycles. The van der Waals surface area contributed by atoms with Gasteiger partial charge in [-0.2, -0.15) is 5.26 Å². The van der Waals surface area contributed by atoms with Gasteiger partial charge in [-0.15, -0.1) is 0 Å². The van der Waals surface area contributed by atoms with Crippen LogP contribution < -0.4 is 0 Å². The first-order valence-corrected chi connectivity index (χ1v) is 5.72. The Hall–Kier alpha value is -1.69. The van der Waals surface area contributed by atoms with Crippen molar-refractivity contribution in [3.05, 3.63) is 35.6 Å². The molecule has 0 aliphatic rings. The second-order valence-corrected chi connectivity index (χ2v) is 4.52. The molecular weight excluding hydrogens is 217 g/mol. The second kappa shape index (κ2) is 6.15. The van der Waals surface area contributed by atoms with Gasteiger partial charge in [-0.1, -0.05) is 26.0 Å². The number of nitriles is 1. The molecular formula is C14H16FNO. The Bertz CT molecular complexity index is 434. The van der Waals surface area contributed by atoms with Gasteiger partial charge in [0.25, 0.3) is 0 Å². The summed E-state index contributed by atoms with van der Waals surface area (Å²) in [5, 5.41) is 9.01. The van der Waals surface area contributed by atoms with Gasteiger partial charge in [0.1, 0.15) is 11.7 Å². The van der Waals surface area contributed by atoms with Crippen LogP contribution in [0.4, 0.5) is 4.39 Å². The van der Waals surface area contributed by atoms with Gasteiger partial charge >= 0.3 is 0 Å². The summed E-state index contributed by atoms with van der Waals surface area (Å²) in [7, 11) is 0.